The third-order valence-corrected chi connectivity index (χ3v) is 7.51. The quantitative estimate of drug-likeness (QED) is 0.709. The van der Waals surface area contributed by atoms with Gasteiger partial charge in [-0.15, -0.1) is 0 Å². The molecule has 1 saturated heterocycles. The zero-order valence-corrected chi connectivity index (χ0v) is 19.4. The van der Waals surface area contributed by atoms with E-state index in [-0.39, 0.29) is 5.91 Å². The molecule has 2 aromatic rings. The Morgan fingerprint density at radius 3 is 2.30 bits per heavy atom. The monoisotopic (exact) mass is 426 g/mol. The van der Waals surface area contributed by atoms with E-state index < -0.39 is 17.0 Å². The van der Waals surface area contributed by atoms with Crippen LogP contribution in [-0.4, -0.2) is 34.1 Å². The van der Waals surface area contributed by atoms with Crippen LogP contribution in [0, 0.1) is 26.7 Å². The molecular formula is C25H34N2O2S. The first-order valence-corrected chi connectivity index (χ1v) is 12.1. The number of amides is 1. The van der Waals surface area contributed by atoms with Crippen LogP contribution in [0.5, 0.6) is 0 Å². The van der Waals surface area contributed by atoms with E-state index in [9.17, 15) is 9.00 Å². The van der Waals surface area contributed by atoms with Crippen molar-refractivity contribution in [2.24, 2.45) is 5.92 Å². The molecule has 0 spiro atoms. The van der Waals surface area contributed by atoms with Crippen molar-refractivity contribution < 1.29 is 9.00 Å². The summed E-state index contributed by atoms with van der Waals surface area (Å²) in [6, 6.07) is 13.8. The first kappa shape index (κ1) is 22.7. The number of carbonyl (C=O) groups excluding carboxylic acids is 1. The van der Waals surface area contributed by atoms with E-state index >= 15 is 0 Å². The number of carbonyl (C=O) groups is 1. The molecule has 2 atom stereocenters. The van der Waals surface area contributed by atoms with Crippen LogP contribution in [0.3, 0.4) is 0 Å². The number of hydrogen-bond acceptors (Lipinski definition) is 2. The molecule has 30 heavy (non-hydrogen) atoms. The lowest BCUT2D eigenvalue weighted by Crippen LogP contribution is -2.49. The summed E-state index contributed by atoms with van der Waals surface area (Å²) in [7, 11) is -1.43. The van der Waals surface area contributed by atoms with Crippen LogP contribution in [0.1, 0.15) is 48.4 Å². The number of hydrogen-bond donors (Lipinski definition) is 1. The lowest BCUT2D eigenvalue weighted by molar-refractivity contribution is -0.134. The molecule has 5 heteroatoms. The van der Waals surface area contributed by atoms with Gasteiger partial charge < -0.3 is 4.90 Å². The molecule has 1 N–H and O–H groups in total. The van der Waals surface area contributed by atoms with Crippen molar-refractivity contribution in [3.8, 4) is 0 Å². The first-order chi connectivity index (χ1) is 14.3. The fourth-order valence-corrected chi connectivity index (χ4v) is 5.58. The summed E-state index contributed by atoms with van der Waals surface area (Å²) in [6.07, 6.45) is 3.48. The number of likely N-dealkylation sites (tertiary alicyclic amines) is 1. The van der Waals surface area contributed by atoms with Gasteiger partial charge in [-0.3, -0.25) is 4.79 Å². The van der Waals surface area contributed by atoms with Crippen LogP contribution in [-0.2, 0) is 22.2 Å². The van der Waals surface area contributed by atoms with E-state index in [0.717, 1.165) is 53.9 Å². The van der Waals surface area contributed by atoms with Crippen molar-refractivity contribution in [2.45, 2.75) is 64.3 Å². The standard InChI is InChI=1S/C25H34N2O2S/c1-18-12-14-27(15-13-18)25(28)23(11-10-22-8-6-5-7-9-22)26-30(29)24-20(3)16-19(2)17-21(24)4/h5-9,16-18,23,26H,10-15H2,1-4H3. The minimum atomic E-state index is -1.43. The smallest absolute Gasteiger partial charge is 0.240 e. The van der Waals surface area contributed by atoms with Crippen LogP contribution in [0.2, 0.25) is 0 Å². The minimum Gasteiger partial charge on any atom is -0.341 e. The third kappa shape index (κ3) is 5.79. The molecule has 0 radical (unpaired) electrons. The van der Waals surface area contributed by atoms with E-state index in [1.54, 1.807) is 0 Å². The second kappa shape index (κ2) is 10.4. The fourth-order valence-electron chi connectivity index (χ4n) is 4.29. The molecule has 4 nitrogen and oxygen atoms in total. The first-order valence-electron chi connectivity index (χ1n) is 10.9. The summed E-state index contributed by atoms with van der Waals surface area (Å²) >= 11 is 0. The van der Waals surface area contributed by atoms with Gasteiger partial charge in [-0.2, -0.15) is 0 Å². The molecule has 1 amide bonds. The molecule has 1 aliphatic heterocycles. The van der Waals surface area contributed by atoms with Gasteiger partial charge in [-0.1, -0.05) is 55.0 Å². The Bertz CT molecular complexity index is 866. The van der Waals surface area contributed by atoms with Crippen LogP contribution < -0.4 is 4.72 Å². The van der Waals surface area contributed by atoms with Gasteiger partial charge in [-0.25, -0.2) is 8.93 Å². The summed E-state index contributed by atoms with van der Waals surface area (Å²) in [6.45, 7) is 9.84. The topological polar surface area (TPSA) is 49.4 Å². The number of rotatable bonds is 7. The Balaban J connectivity index is 1.78. The minimum absolute atomic E-state index is 0.0774. The Morgan fingerprint density at radius 1 is 1.10 bits per heavy atom. The summed E-state index contributed by atoms with van der Waals surface area (Å²) in [5, 5.41) is 0. The van der Waals surface area contributed by atoms with E-state index in [4.69, 9.17) is 0 Å². The predicted molar refractivity (Wildman–Crippen MR) is 124 cm³/mol. The van der Waals surface area contributed by atoms with Gasteiger partial charge in [0.2, 0.25) is 5.91 Å². The fraction of sp³-hybridized carbons (Fsp3) is 0.480. The maximum atomic E-state index is 13.3. The molecule has 2 aromatic carbocycles. The Hall–Kier alpha value is -1.98. The third-order valence-electron chi connectivity index (χ3n) is 6.00. The van der Waals surface area contributed by atoms with Crippen molar-refractivity contribution in [3.63, 3.8) is 0 Å². The molecule has 0 aliphatic carbocycles. The molecule has 0 aromatic heterocycles. The molecule has 3 rings (SSSR count). The SMILES string of the molecule is Cc1cc(C)c(S(=O)NC(CCc2ccccc2)C(=O)N2CCC(C)CC2)c(C)c1. The molecule has 1 aliphatic rings. The molecule has 0 bridgehead atoms. The predicted octanol–water partition coefficient (Wildman–Crippen LogP) is 4.48. The molecule has 162 valence electrons. The Kier molecular flexibility index (Phi) is 7.84. The van der Waals surface area contributed by atoms with Crippen LogP contribution >= 0.6 is 0 Å². The zero-order valence-electron chi connectivity index (χ0n) is 18.6. The second-order valence-electron chi connectivity index (χ2n) is 8.70. The average Bonchev–Trinajstić information content (AvgIpc) is 2.71. The van der Waals surface area contributed by atoms with Crippen molar-refractivity contribution >= 4 is 16.9 Å². The van der Waals surface area contributed by atoms with Crippen molar-refractivity contribution in [2.75, 3.05) is 13.1 Å². The van der Waals surface area contributed by atoms with E-state index in [1.165, 1.54) is 5.56 Å². The summed E-state index contributed by atoms with van der Waals surface area (Å²) in [5.41, 5.74) is 4.35. The van der Waals surface area contributed by atoms with Crippen molar-refractivity contribution in [3.05, 3.63) is 64.7 Å². The highest BCUT2D eigenvalue weighted by Gasteiger charge is 2.29. The number of piperidine rings is 1. The molecular weight excluding hydrogens is 392 g/mol. The van der Waals surface area contributed by atoms with E-state index in [1.807, 2.05) is 43.9 Å². The average molecular weight is 427 g/mol. The number of benzene rings is 2. The Labute approximate surface area is 183 Å². The number of nitrogens with one attached hydrogen (secondary N) is 1. The van der Waals surface area contributed by atoms with Gasteiger partial charge in [0.25, 0.3) is 0 Å². The Morgan fingerprint density at radius 2 is 1.70 bits per heavy atom. The molecule has 0 saturated carbocycles. The van der Waals surface area contributed by atoms with Crippen molar-refractivity contribution in [1.29, 1.82) is 0 Å². The van der Waals surface area contributed by atoms with Gasteiger partial charge in [0.15, 0.2) is 0 Å². The van der Waals surface area contributed by atoms with Gasteiger partial charge >= 0.3 is 0 Å². The molecule has 1 heterocycles. The maximum absolute atomic E-state index is 13.3. The van der Waals surface area contributed by atoms with Gasteiger partial charge in [-0.05, 0) is 69.1 Å². The van der Waals surface area contributed by atoms with Gasteiger partial charge in [0.05, 0.1) is 10.9 Å². The van der Waals surface area contributed by atoms with E-state index in [0.29, 0.717) is 12.3 Å². The summed E-state index contributed by atoms with van der Waals surface area (Å²) in [4.78, 5) is 16.1. The molecule has 1 fully saturated rings. The van der Waals surface area contributed by atoms with Gasteiger partial charge in [0, 0.05) is 13.1 Å². The zero-order chi connectivity index (χ0) is 21.7. The highest BCUT2D eigenvalue weighted by Crippen LogP contribution is 2.22. The van der Waals surface area contributed by atoms with Crippen LogP contribution in [0.25, 0.3) is 0 Å². The maximum Gasteiger partial charge on any atom is 0.240 e. The summed E-state index contributed by atoms with van der Waals surface area (Å²) in [5.74, 6) is 0.741. The highest BCUT2D eigenvalue weighted by atomic mass is 32.2. The normalized spacial score (nSPS) is 17.0. The summed E-state index contributed by atoms with van der Waals surface area (Å²) < 4.78 is 16.5. The number of aryl methyl sites for hydroxylation is 4. The van der Waals surface area contributed by atoms with Crippen LogP contribution in [0.4, 0.5) is 0 Å². The van der Waals surface area contributed by atoms with Crippen LogP contribution in [0.15, 0.2) is 47.4 Å². The number of nitrogens with zero attached hydrogens (tertiary/aromatic N) is 1. The second-order valence-corrected chi connectivity index (χ2v) is 9.88. The lowest BCUT2D eigenvalue weighted by Gasteiger charge is -2.33. The highest BCUT2D eigenvalue weighted by molar-refractivity contribution is 7.83. The van der Waals surface area contributed by atoms with Gasteiger partial charge in [0.1, 0.15) is 11.0 Å². The van der Waals surface area contributed by atoms with E-state index in [2.05, 4.69) is 35.9 Å². The van der Waals surface area contributed by atoms with Crippen molar-refractivity contribution in [1.82, 2.24) is 9.62 Å². The molecule has 2 unspecified atom stereocenters. The lowest BCUT2D eigenvalue weighted by atomic mass is 9.98. The largest absolute Gasteiger partial charge is 0.341 e.